The van der Waals surface area contributed by atoms with E-state index in [1.165, 1.54) is 0 Å². The molecule has 2 heterocycles. The Bertz CT molecular complexity index is 2310. The minimum absolute atomic E-state index is 0.490. The van der Waals surface area contributed by atoms with E-state index in [-0.39, 0.29) is 0 Å². The summed E-state index contributed by atoms with van der Waals surface area (Å²) in [4.78, 5) is 54.8. The summed E-state index contributed by atoms with van der Waals surface area (Å²) in [5.74, 6) is -19.7. The van der Waals surface area contributed by atoms with Gasteiger partial charge in [0.1, 0.15) is 12.7 Å². The third-order valence-corrected chi connectivity index (χ3v) is 8.74. The third-order valence-electron chi connectivity index (χ3n) is 8.74. The fraction of sp³-hybridized carbons (Fsp3) is 0.200. The van der Waals surface area contributed by atoms with Crippen molar-refractivity contribution in [3.63, 3.8) is 0 Å². The van der Waals surface area contributed by atoms with Gasteiger partial charge in [-0.15, -0.1) is 0 Å². The highest BCUT2D eigenvalue weighted by molar-refractivity contribution is 6.08. The number of carbonyl (C=O) groups is 4. The summed E-state index contributed by atoms with van der Waals surface area (Å²) in [6.45, 7) is -1.01. The quantitative estimate of drug-likeness (QED) is 0.0769. The van der Waals surface area contributed by atoms with E-state index in [1.54, 1.807) is 0 Å². The van der Waals surface area contributed by atoms with Crippen LogP contribution in [0.1, 0.15) is 41.4 Å². The standard InChI is InChI=1S/C35H28O22/c1-52-35-30(57-32(49)10-4-15(38)23(43)16(39)5-10)29(56-31(48)9-2-13(36)22(42)14(37)3-9)28-19(54-35)8-53-33(50)11-6-17(40)24(44)26(46)20(11)21-12(34(51)55-28)7-18(41)25(45)27(21)47/h2-7,19,28-30,35-47H,8H2,1H3/t19-,28-,29+,30-,35-/m1/s1. The maximum atomic E-state index is 14.1. The van der Waals surface area contributed by atoms with E-state index >= 15 is 0 Å². The second-order valence-corrected chi connectivity index (χ2v) is 12.2. The van der Waals surface area contributed by atoms with Gasteiger partial charge >= 0.3 is 23.9 Å². The minimum atomic E-state index is -2.18. The molecule has 4 aromatic rings. The molecule has 1 fully saturated rings. The number of carbonyl (C=O) groups excluding carboxylic acids is 4. The topological polar surface area (TPSA) is 366 Å². The number of rotatable bonds is 5. The van der Waals surface area contributed by atoms with Crippen molar-refractivity contribution in [2.45, 2.75) is 30.7 Å². The summed E-state index contributed by atoms with van der Waals surface area (Å²) < 4.78 is 33.3. The Morgan fingerprint density at radius 2 is 0.965 bits per heavy atom. The molecule has 5 atom stereocenters. The summed E-state index contributed by atoms with van der Waals surface area (Å²) >= 11 is 0. The van der Waals surface area contributed by atoms with E-state index in [1.807, 2.05) is 0 Å². The Kier molecular flexibility index (Phi) is 9.92. The van der Waals surface area contributed by atoms with Crippen molar-refractivity contribution in [2.75, 3.05) is 13.7 Å². The molecule has 57 heavy (non-hydrogen) atoms. The summed E-state index contributed by atoms with van der Waals surface area (Å²) in [6.07, 6.45) is -10.1. The van der Waals surface area contributed by atoms with Crippen molar-refractivity contribution in [1.82, 2.24) is 0 Å². The van der Waals surface area contributed by atoms with Gasteiger partial charge in [0.15, 0.2) is 82.1 Å². The predicted octanol–water partition coefficient (Wildman–Crippen LogP) is 1.34. The Morgan fingerprint density at radius 1 is 0.561 bits per heavy atom. The molecule has 0 bridgehead atoms. The van der Waals surface area contributed by atoms with Crippen LogP contribution in [0.4, 0.5) is 0 Å². The monoisotopic (exact) mass is 800 g/mol. The Hall–Kier alpha value is -7.72. The SMILES string of the molecule is CO[C@@H]1O[C@@H]2COC(=O)c3cc(O)c(O)c(O)c3-c3c(cc(O)c(O)c3O)C(=O)O[C@H]2[C@H](OC(=O)c2cc(O)c(O)c(O)c2)[C@H]1OC(=O)c1cc(O)c(O)c(O)c1. The first-order valence-corrected chi connectivity index (χ1v) is 15.9. The van der Waals surface area contributed by atoms with Crippen molar-refractivity contribution in [3.05, 3.63) is 58.7 Å². The highest BCUT2D eigenvalue weighted by Gasteiger charge is 2.54. The molecule has 0 aromatic heterocycles. The predicted molar refractivity (Wildman–Crippen MR) is 178 cm³/mol. The van der Waals surface area contributed by atoms with E-state index in [9.17, 15) is 80.5 Å². The van der Waals surface area contributed by atoms with Crippen molar-refractivity contribution >= 4 is 23.9 Å². The zero-order chi connectivity index (χ0) is 41.8. The Morgan fingerprint density at radius 3 is 1.40 bits per heavy atom. The van der Waals surface area contributed by atoms with Gasteiger partial charge in [-0.05, 0) is 36.4 Å². The lowest BCUT2D eigenvalue weighted by Crippen LogP contribution is -2.63. The Balaban J connectivity index is 1.53. The van der Waals surface area contributed by atoms with Gasteiger partial charge < -0.3 is 89.7 Å². The number of aromatic hydroxyl groups is 12. The second kappa shape index (κ2) is 14.5. The molecule has 22 nitrogen and oxygen atoms in total. The van der Waals surface area contributed by atoms with Crippen LogP contribution in [-0.2, 0) is 28.4 Å². The molecule has 0 saturated carbocycles. The molecule has 2 aliphatic rings. The number of ether oxygens (including phenoxy) is 6. The fourth-order valence-electron chi connectivity index (χ4n) is 5.97. The normalized spacial score (nSPS) is 20.4. The van der Waals surface area contributed by atoms with Crippen LogP contribution < -0.4 is 0 Å². The molecule has 0 radical (unpaired) electrons. The number of methoxy groups -OCH3 is 1. The first-order chi connectivity index (χ1) is 26.8. The summed E-state index contributed by atoms with van der Waals surface area (Å²) in [7, 11) is 0.991. The van der Waals surface area contributed by atoms with Gasteiger partial charge in [-0.25, -0.2) is 19.2 Å². The molecule has 0 unspecified atom stereocenters. The van der Waals surface area contributed by atoms with Crippen LogP contribution >= 0.6 is 0 Å². The van der Waals surface area contributed by atoms with E-state index < -0.39 is 164 Å². The van der Waals surface area contributed by atoms with Crippen LogP contribution in [0.5, 0.6) is 69.0 Å². The van der Waals surface area contributed by atoms with Crippen LogP contribution in [0.3, 0.4) is 0 Å². The number of hydrogen-bond acceptors (Lipinski definition) is 22. The molecule has 300 valence electrons. The van der Waals surface area contributed by atoms with Crippen LogP contribution in [0.15, 0.2) is 36.4 Å². The van der Waals surface area contributed by atoms with Crippen molar-refractivity contribution in [3.8, 4) is 80.1 Å². The molecule has 0 amide bonds. The minimum Gasteiger partial charge on any atom is -0.504 e. The zero-order valence-corrected chi connectivity index (χ0v) is 28.5. The number of hydrogen-bond donors (Lipinski definition) is 12. The largest absolute Gasteiger partial charge is 0.504 e. The van der Waals surface area contributed by atoms with Crippen LogP contribution in [0.2, 0.25) is 0 Å². The molecule has 12 N–H and O–H groups in total. The Labute approximate surface area is 315 Å². The molecule has 0 aliphatic carbocycles. The number of cyclic esters (lactones) is 1. The van der Waals surface area contributed by atoms with Gasteiger partial charge in [0, 0.05) is 18.2 Å². The van der Waals surface area contributed by atoms with E-state index in [2.05, 4.69) is 0 Å². The molecule has 2 aliphatic heterocycles. The maximum Gasteiger partial charge on any atom is 0.339 e. The molecule has 1 saturated heterocycles. The van der Waals surface area contributed by atoms with Gasteiger partial charge in [0.2, 0.25) is 11.5 Å². The van der Waals surface area contributed by atoms with Gasteiger partial charge in [0.25, 0.3) is 0 Å². The van der Waals surface area contributed by atoms with Crippen molar-refractivity contribution in [2.24, 2.45) is 0 Å². The first kappa shape index (κ1) is 39.0. The fourth-order valence-corrected chi connectivity index (χ4v) is 5.97. The maximum absolute atomic E-state index is 14.1. The molecular weight excluding hydrogens is 772 g/mol. The van der Waals surface area contributed by atoms with E-state index in [0.29, 0.717) is 36.4 Å². The number of fused-ring (bicyclic) bond motifs is 4. The lowest BCUT2D eigenvalue weighted by Gasteiger charge is -2.43. The molecular formula is C35H28O22. The van der Waals surface area contributed by atoms with Crippen LogP contribution in [0.25, 0.3) is 11.1 Å². The summed E-state index contributed by atoms with van der Waals surface area (Å²) in [5.41, 5.74) is -5.05. The lowest BCUT2D eigenvalue weighted by atomic mass is 9.92. The van der Waals surface area contributed by atoms with Crippen molar-refractivity contribution in [1.29, 1.82) is 0 Å². The van der Waals surface area contributed by atoms with Gasteiger partial charge in [0.05, 0.1) is 22.3 Å². The van der Waals surface area contributed by atoms with E-state index in [0.717, 1.165) is 7.11 Å². The lowest BCUT2D eigenvalue weighted by molar-refractivity contribution is -0.291. The summed E-state index contributed by atoms with van der Waals surface area (Å²) in [6, 6.07) is 3.65. The van der Waals surface area contributed by atoms with Crippen LogP contribution in [-0.4, -0.2) is 130 Å². The van der Waals surface area contributed by atoms with Gasteiger partial charge in [-0.1, -0.05) is 0 Å². The van der Waals surface area contributed by atoms with Gasteiger partial charge in [-0.2, -0.15) is 0 Å². The molecule has 6 rings (SSSR count). The number of benzene rings is 4. The molecule has 22 heteroatoms. The highest BCUT2D eigenvalue weighted by atomic mass is 16.7. The van der Waals surface area contributed by atoms with Crippen molar-refractivity contribution < 1.29 is 109 Å². The zero-order valence-electron chi connectivity index (χ0n) is 28.5. The first-order valence-electron chi connectivity index (χ1n) is 15.9. The number of phenols is 12. The molecule has 4 aromatic carbocycles. The van der Waals surface area contributed by atoms with E-state index in [4.69, 9.17) is 28.4 Å². The second-order valence-electron chi connectivity index (χ2n) is 12.2. The number of esters is 4. The summed E-state index contributed by atoms with van der Waals surface area (Å²) in [5, 5.41) is 123. The average Bonchev–Trinajstić information content (AvgIpc) is 3.18. The molecule has 0 spiro atoms. The van der Waals surface area contributed by atoms with Crippen LogP contribution in [0, 0.1) is 0 Å². The number of phenolic OH excluding ortho intramolecular Hbond substituents is 12. The highest BCUT2D eigenvalue weighted by Crippen LogP contribution is 2.53. The average molecular weight is 801 g/mol. The smallest absolute Gasteiger partial charge is 0.339 e. The third kappa shape index (κ3) is 6.80. The van der Waals surface area contributed by atoms with Gasteiger partial charge in [-0.3, -0.25) is 0 Å².